The monoisotopic (exact) mass is 331 g/mol. The topological polar surface area (TPSA) is 43.2 Å². The first kappa shape index (κ1) is 17.6. The van der Waals surface area contributed by atoms with Crippen LogP contribution in [0.5, 0.6) is 0 Å². The summed E-state index contributed by atoms with van der Waals surface area (Å²) in [4.78, 5) is 8.84. The second kappa shape index (κ2) is 8.77. The first-order chi connectivity index (χ1) is 11.8. The molecule has 0 aromatic rings. The van der Waals surface area contributed by atoms with Crippen LogP contribution in [0, 0.1) is 11.8 Å². The first-order valence-electron chi connectivity index (χ1n) is 9.69. The predicted octanol–water partition coefficient (Wildman–Crippen LogP) is 3.40. The molecular weight excluding hydrogens is 298 g/mol. The lowest BCUT2D eigenvalue weighted by Gasteiger charge is -2.43. The van der Waals surface area contributed by atoms with Crippen LogP contribution < -0.4 is 5.32 Å². The van der Waals surface area contributed by atoms with Crippen molar-refractivity contribution in [2.45, 2.75) is 70.5 Å². The molecule has 1 fully saturated rings. The molecule has 0 aromatic carbocycles. The van der Waals surface area contributed by atoms with Crippen LogP contribution in [0.1, 0.15) is 58.3 Å². The molecule has 2 aliphatic heterocycles. The molecule has 1 aliphatic carbocycles. The number of hydrogen-bond donors (Lipinski definition) is 1. The van der Waals surface area contributed by atoms with Gasteiger partial charge in [-0.25, -0.2) is 10.0 Å². The number of aliphatic imine (C=N–C) groups is 2. The molecule has 3 rings (SSSR count). The Morgan fingerprint density at radius 1 is 1.12 bits per heavy atom. The Labute approximate surface area is 146 Å². The predicted molar refractivity (Wildman–Crippen MR) is 101 cm³/mol. The molecule has 2 heterocycles. The molecule has 0 bridgehead atoms. The highest BCUT2D eigenvalue weighted by molar-refractivity contribution is 5.60. The van der Waals surface area contributed by atoms with E-state index in [1.807, 2.05) is 18.8 Å². The largest absolute Gasteiger partial charge is 0.360 e. The van der Waals surface area contributed by atoms with Crippen molar-refractivity contribution in [3.05, 3.63) is 12.3 Å². The molecular formula is C19H33N5. The van der Waals surface area contributed by atoms with Gasteiger partial charge in [-0.05, 0) is 31.1 Å². The zero-order chi connectivity index (χ0) is 16.8. The third-order valence-electron chi connectivity index (χ3n) is 5.94. The summed E-state index contributed by atoms with van der Waals surface area (Å²) in [6, 6.07) is 0.630. The molecule has 0 radical (unpaired) electrons. The van der Waals surface area contributed by atoms with E-state index in [1.165, 1.54) is 44.9 Å². The summed E-state index contributed by atoms with van der Waals surface area (Å²) in [7, 11) is 2.24. The summed E-state index contributed by atoms with van der Waals surface area (Å²) in [6.07, 6.45) is 19.0. The van der Waals surface area contributed by atoms with Gasteiger partial charge in [-0.2, -0.15) is 0 Å². The Morgan fingerprint density at radius 2 is 1.88 bits per heavy atom. The van der Waals surface area contributed by atoms with E-state index in [4.69, 9.17) is 0 Å². The molecule has 0 aromatic heterocycles. The quantitative estimate of drug-likeness (QED) is 0.862. The molecule has 0 saturated heterocycles. The second-order valence-corrected chi connectivity index (χ2v) is 7.51. The maximum atomic E-state index is 4.61. The van der Waals surface area contributed by atoms with Crippen LogP contribution in [0.4, 0.5) is 0 Å². The van der Waals surface area contributed by atoms with E-state index in [-0.39, 0.29) is 6.17 Å². The molecule has 5 heteroatoms. The second-order valence-electron chi connectivity index (χ2n) is 7.51. The van der Waals surface area contributed by atoms with E-state index in [0.29, 0.717) is 17.9 Å². The van der Waals surface area contributed by atoms with Crippen LogP contribution in [0.2, 0.25) is 0 Å². The molecule has 134 valence electrons. The smallest absolute Gasteiger partial charge is 0.106 e. The van der Waals surface area contributed by atoms with E-state index in [1.54, 1.807) is 0 Å². The van der Waals surface area contributed by atoms with Gasteiger partial charge in [0.25, 0.3) is 0 Å². The number of nitrogens with zero attached hydrogens (tertiary/aromatic N) is 4. The maximum Gasteiger partial charge on any atom is 0.106 e. The van der Waals surface area contributed by atoms with Crippen molar-refractivity contribution in [3.63, 3.8) is 0 Å². The van der Waals surface area contributed by atoms with E-state index in [0.717, 1.165) is 13.1 Å². The van der Waals surface area contributed by atoms with Gasteiger partial charge in [0.15, 0.2) is 0 Å². The lowest BCUT2D eigenvalue weighted by molar-refractivity contribution is -0.0928. The lowest BCUT2D eigenvalue weighted by Crippen LogP contribution is -2.57. The van der Waals surface area contributed by atoms with Crippen molar-refractivity contribution in [1.82, 2.24) is 15.3 Å². The molecule has 24 heavy (non-hydrogen) atoms. The fraction of sp³-hybridized carbons (Fsp3) is 0.789. The highest BCUT2D eigenvalue weighted by atomic mass is 15.7. The molecule has 0 spiro atoms. The van der Waals surface area contributed by atoms with E-state index in [9.17, 15) is 0 Å². The zero-order valence-corrected chi connectivity index (χ0v) is 15.3. The highest BCUT2D eigenvalue weighted by Gasteiger charge is 2.33. The van der Waals surface area contributed by atoms with Crippen LogP contribution in [0.15, 0.2) is 22.3 Å². The van der Waals surface area contributed by atoms with Gasteiger partial charge in [-0.15, -0.1) is 0 Å². The van der Waals surface area contributed by atoms with Gasteiger partial charge in [0, 0.05) is 25.5 Å². The molecule has 3 atom stereocenters. The standard InChI is InChI=1S/C19H33N5/c1-16(17-10-12-20-13-11-17)19-22-14-21-15-24(23(19)2)18-8-6-4-3-5-7-9-18/h10,12-14,16-19H,3-9,11,15H2,1-2H3,(H,21,22)/t16-,17+,19-/m0/s1. The van der Waals surface area contributed by atoms with Gasteiger partial charge in [-0.3, -0.25) is 9.98 Å². The fourth-order valence-electron chi connectivity index (χ4n) is 4.33. The van der Waals surface area contributed by atoms with Crippen molar-refractivity contribution in [3.8, 4) is 0 Å². The molecule has 1 saturated carbocycles. The Hall–Kier alpha value is -1.20. The van der Waals surface area contributed by atoms with E-state index < -0.39 is 0 Å². The zero-order valence-electron chi connectivity index (χ0n) is 15.3. The normalized spacial score (nSPS) is 31.9. The minimum Gasteiger partial charge on any atom is -0.360 e. The van der Waals surface area contributed by atoms with Crippen molar-refractivity contribution in [2.24, 2.45) is 21.8 Å². The summed E-state index contributed by atoms with van der Waals surface area (Å²) in [5, 5.41) is 8.49. The third-order valence-corrected chi connectivity index (χ3v) is 5.94. The first-order valence-corrected chi connectivity index (χ1v) is 9.69. The number of hydrazine groups is 1. The summed E-state index contributed by atoms with van der Waals surface area (Å²) >= 11 is 0. The minimum absolute atomic E-state index is 0.280. The van der Waals surface area contributed by atoms with Crippen molar-refractivity contribution < 1.29 is 0 Å². The molecule has 1 N–H and O–H groups in total. The van der Waals surface area contributed by atoms with Gasteiger partial charge in [0.05, 0.1) is 12.5 Å². The average Bonchev–Trinajstić information content (AvgIpc) is 2.77. The van der Waals surface area contributed by atoms with E-state index >= 15 is 0 Å². The van der Waals surface area contributed by atoms with E-state index in [2.05, 4.69) is 45.4 Å². The summed E-state index contributed by atoms with van der Waals surface area (Å²) in [6.45, 7) is 3.12. The van der Waals surface area contributed by atoms with Gasteiger partial charge in [0.1, 0.15) is 6.67 Å². The summed E-state index contributed by atoms with van der Waals surface area (Å²) < 4.78 is 0. The van der Waals surface area contributed by atoms with Crippen molar-refractivity contribution in [1.29, 1.82) is 0 Å². The SMILES string of the molecule is C[C@@H]([C@@H]1C=CN=CC1)[C@H]1NC=NCN(C2CCCCCCC2)N1C. The fourth-order valence-corrected chi connectivity index (χ4v) is 4.33. The number of hydrogen-bond acceptors (Lipinski definition) is 5. The highest BCUT2D eigenvalue weighted by Crippen LogP contribution is 2.28. The Balaban J connectivity index is 1.69. The van der Waals surface area contributed by atoms with Crippen LogP contribution in [-0.4, -0.2) is 48.5 Å². The Morgan fingerprint density at radius 3 is 2.58 bits per heavy atom. The Bertz CT molecular complexity index is 464. The molecule has 5 nitrogen and oxygen atoms in total. The van der Waals surface area contributed by atoms with Crippen molar-refractivity contribution in [2.75, 3.05) is 13.7 Å². The third kappa shape index (κ3) is 4.25. The minimum atomic E-state index is 0.280. The van der Waals surface area contributed by atoms with Gasteiger partial charge >= 0.3 is 0 Å². The van der Waals surface area contributed by atoms with Crippen LogP contribution >= 0.6 is 0 Å². The Kier molecular flexibility index (Phi) is 6.44. The molecule has 0 amide bonds. The maximum absolute atomic E-state index is 4.61. The number of allylic oxidation sites excluding steroid dienone is 1. The van der Waals surface area contributed by atoms with Gasteiger partial charge in [-0.1, -0.05) is 45.1 Å². The molecule has 0 unspecified atom stereocenters. The van der Waals surface area contributed by atoms with Gasteiger partial charge in [0.2, 0.25) is 0 Å². The summed E-state index contributed by atoms with van der Waals surface area (Å²) in [5.74, 6) is 1.03. The van der Waals surface area contributed by atoms with Crippen LogP contribution in [-0.2, 0) is 0 Å². The van der Waals surface area contributed by atoms with Crippen LogP contribution in [0.3, 0.4) is 0 Å². The number of rotatable bonds is 3. The van der Waals surface area contributed by atoms with Crippen molar-refractivity contribution >= 4 is 12.6 Å². The summed E-state index contributed by atoms with van der Waals surface area (Å²) in [5.41, 5.74) is 0. The van der Waals surface area contributed by atoms with Crippen LogP contribution in [0.25, 0.3) is 0 Å². The van der Waals surface area contributed by atoms with Gasteiger partial charge < -0.3 is 5.32 Å². The molecule has 3 aliphatic rings. The average molecular weight is 332 g/mol. The lowest BCUT2D eigenvalue weighted by atomic mass is 9.87. The number of nitrogens with one attached hydrogen (secondary N) is 1.